The molecule has 1 amide bonds. The number of amides is 1. The molecule has 1 aromatic heterocycles. The number of carbonyl (C=O) groups is 1. The second-order valence-corrected chi connectivity index (χ2v) is 4.94. The molecule has 1 aromatic rings. The van der Waals surface area contributed by atoms with Crippen molar-refractivity contribution in [1.82, 2.24) is 10.3 Å². The maximum Gasteiger partial charge on any atom is 0.254 e. The molecule has 1 heterocycles. The van der Waals surface area contributed by atoms with Crippen LogP contribution >= 0.6 is 27.5 Å². The first-order valence-corrected chi connectivity index (χ1v) is 6.30. The van der Waals surface area contributed by atoms with Crippen LogP contribution in [0.1, 0.15) is 30.6 Å². The second-order valence-electron chi connectivity index (χ2n) is 3.71. The van der Waals surface area contributed by atoms with Gasteiger partial charge in [-0.3, -0.25) is 9.78 Å². The first kappa shape index (κ1) is 13.5. The number of hydrogen-bond acceptors (Lipinski definition) is 2. The average Bonchev–Trinajstić information content (AvgIpc) is 2.29. The highest BCUT2D eigenvalue weighted by Gasteiger charge is 2.13. The maximum atomic E-state index is 11.8. The molecule has 1 unspecified atom stereocenters. The first-order valence-electron chi connectivity index (χ1n) is 5.13. The molecule has 0 saturated carbocycles. The minimum atomic E-state index is -0.181. The van der Waals surface area contributed by atoms with E-state index in [0.29, 0.717) is 27.5 Å². The van der Waals surface area contributed by atoms with E-state index >= 15 is 0 Å². The predicted octanol–water partition coefficient (Wildman–Crippen LogP) is 3.27. The molecule has 0 radical (unpaired) electrons. The van der Waals surface area contributed by atoms with Crippen LogP contribution in [0.3, 0.4) is 0 Å². The summed E-state index contributed by atoms with van der Waals surface area (Å²) in [6.07, 6.45) is 4.07. The lowest BCUT2D eigenvalue weighted by atomic mass is 10.1. The monoisotopic (exact) mass is 304 g/mol. The van der Waals surface area contributed by atoms with Crippen molar-refractivity contribution < 1.29 is 4.79 Å². The highest BCUT2D eigenvalue weighted by atomic mass is 79.9. The van der Waals surface area contributed by atoms with Crippen molar-refractivity contribution in [3.8, 4) is 0 Å². The fourth-order valence-electron chi connectivity index (χ4n) is 1.08. The van der Waals surface area contributed by atoms with Gasteiger partial charge in [-0.2, -0.15) is 0 Å². The van der Waals surface area contributed by atoms with Crippen molar-refractivity contribution in [2.75, 3.05) is 6.54 Å². The molecule has 0 aliphatic rings. The maximum absolute atomic E-state index is 11.8. The van der Waals surface area contributed by atoms with Gasteiger partial charge in [0.1, 0.15) is 0 Å². The molecular formula is C11H14BrClN2O. The number of pyridine rings is 1. The number of nitrogens with one attached hydrogen (secondary N) is 1. The van der Waals surface area contributed by atoms with E-state index in [1.807, 2.05) is 0 Å². The average molecular weight is 306 g/mol. The Hall–Kier alpha value is -0.610. The number of hydrogen-bond donors (Lipinski definition) is 1. The van der Waals surface area contributed by atoms with Crippen molar-refractivity contribution in [3.63, 3.8) is 0 Å². The smallest absolute Gasteiger partial charge is 0.254 e. The molecule has 0 aliphatic carbocycles. The van der Waals surface area contributed by atoms with E-state index in [1.165, 1.54) is 6.20 Å². The van der Waals surface area contributed by atoms with Gasteiger partial charge in [0.2, 0.25) is 0 Å². The molecule has 16 heavy (non-hydrogen) atoms. The van der Waals surface area contributed by atoms with Gasteiger partial charge in [-0.1, -0.05) is 31.9 Å². The van der Waals surface area contributed by atoms with Gasteiger partial charge in [0.05, 0.1) is 15.1 Å². The molecule has 0 saturated heterocycles. The van der Waals surface area contributed by atoms with Crippen LogP contribution in [0, 0.1) is 5.92 Å². The van der Waals surface area contributed by atoms with Gasteiger partial charge in [-0.25, -0.2) is 0 Å². The Labute approximate surface area is 109 Å². The van der Waals surface area contributed by atoms with E-state index in [0.717, 1.165) is 6.42 Å². The molecule has 1 atom stereocenters. The van der Waals surface area contributed by atoms with Gasteiger partial charge in [-0.15, -0.1) is 0 Å². The summed E-state index contributed by atoms with van der Waals surface area (Å²) in [5, 5.41) is 3.23. The fraction of sp³-hybridized carbons (Fsp3) is 0.455. The van der Waals surface area contributed by atoms with Crippen molar-refractivity contribution >= 4 is 33.4 Å². The summed E-state index contributed by atoms with van der Waals surface area (Å²) in [7, 11) is 0. The van der Waals surface area contributed by atoms with Crippen molar-refractivity contribution in [2.45, 2.75) is 20.3 Å². The molecule has 0 fully saturated rings. The Morgan fingerprint density at radius 2 is 2.31 bits per heavy atom. The highest BCUT2D eigenvalue weighted by Crippen LogP contribution is 2.24. The molecule has 1 N–H and O–H groups in total. The third kappa shape index (κ3) is 3.46. The molecule has 88 valence electrons. The summed E-state index contributed by atoms with van der Waals surface area (Å²) < 4.78 is 0.630. The van der Waals surface area contributed by atoms with E-state index in [2.05, 4.69) is 40.1 Å². The van der Waals surface area contributed by atoms with E-state index in [1.54, 1.807) is 6.20 Å². The topological polar surface area (TPSA) is 42.0 Å². The van der Waals surface area contributed by atoms with Gasteiger partial charge in [0.15, 0.2) is 0 Å². The highest BCUT2D eigenvalue weighted by molar-refractivity contribution is 9.10. The van der Waals surface area contributed by atoms with Gasteiger partial charge < -0.3 is 5.32 Å². The SMILES string of the molecule is CCC(C)CNC(=O)c1cncc(Br)c1Cl. The summed E-state index contributed by atoms with van der Waals surface area (Å²) in [6.45, 7) is 4.82. The third-order valence-corrected chi connectivity index (χ3v) is 3.63. The summed E-state index contributed by atoms with van der Waals surface area (Å²) in [5.41, 5.74) is 0.402. The van der Waals surface area contributed by atoms with Crippen LogP contribution in [0.25, 0.3) is 0 Å². The number of carbonyl (C=O) groups excluding carboxylic acids is 1. The molecule has 0 bridgehead atoms. The Morgan fingerprint density at radius 3 is 2.94 bits per heavy atom. The molecule has 1 rings (SSSR count). The quantitative estimate of drug-likeness (QED) is 0.927. The zero-order chi connectivity index (χ0) is 12.1. The summed E-state index contributed by atoms with van der Waals surface area (Å²) >= 11 is 9.22. The van der Waals surface area contributed by atoms with E-state index in [-0.39, 0.29) is 5.91 Å². The molecule has 0 spiro atoms. The Bertz CT molecular complexity index is 384. The summed E-state index contributed by atoms with van der Waals surface area (Å²) in [6, 6.07) is 0. The second kappa shape index (κ2) is 6.21. The standard InChI is InChI=1S/C11H14BrClN2O/c1-3-7(2)4-15-11(16)8-5-14-6-9(12)10(8)13/h5-7H,3-4H2,1-2H3,(H,15,16). The van der Waals surface area contributed by atoms with E-state index in [4.69, 9.17) is 11.6 Å². The number of nitrogens with zero attached hydrogens (tertiary/aromatic N) is 1. The lowest BCUT2D eigenvalue weighted by Gasteiger charge is -2.10. The lowest BCUT2D eigenvalue weighted by molar-refractivity contribution is 0.0947. The van der Waals surface area contributed by atoms with Crippen LogP contribution in [0.5, 0.6) is 0 Å². The number of aromatic nitrogens is 1. The summed E-state index contributed by atoms with van der Waals surface area (Å²) in [4.78, 5) is 15.7. The Balaban J connectivity index is 2.70. The van der Waals surface area contributed by atoms with E-state index < -0.39 is 0 Å². The van der Waals surface area contributed by atoms with Gasteiger partial charge >= 0.3 is 0 Å². The fourth-order valence-corrected chi connectivity index (χ4v) is 1.60. The van der Waals surface area contributed by atoms with Gasteiger partial charge in [0, 0.05) is 18.9 Å². The van der Waals surface area contributed by atoms with Gasteiger partial charge in [0.25, 0.3) is 5.91 Å². The van der Waals surface area contributed by atoms with Crippen LogP contribution in [-0.4, -0.2) is 17.4 Å². The Kier molecular flexibility index (Phi) is 5.22. The molecule has 0 aromatic carbocycles. The van der Waals surface area contributed by atoms with Crippen LogP contribution in [0.15, 0.2) is 16.9 Å². The van der Waals surface area contributed by atoms with Crippen molar-refractivity contribution in [3.05, 3.63) is 27.5 Å². The summed E-state index contributed by atoms with van der Waals surface area (Å²) in [5.74, 6) is 0.280. The zero-order valence-electron chi connectivity index (χ0n) is 9.26. The zero-order valence-corrected chi connectivity index (χ0v) is 11.6. The van der Waals surface area contributed by atoms with Crippen LogP contribution in [-0.2, 0) is 0 Å². The third-order valence-electron chi connectivity index (χ3n) is 2.39. The number of rotatable bonds is 4. The molecule has 3 nitrogen and oxygen atoms in total. The molecule has 5 heteroatoms. The first-order chi connectivity index (χ1) is 7.56. The van der Waals surface area contributed by atoms with Crippen molar-refractivity contribution in [2.24, 2.45) is 5.92 Å². The van der Waals surface area contributed by atoms with Crippen LogP contribution in [0.4, 0.5) is 0 Å². The Morgan fingerprint density at radius 1 is 1.62 bits per heavy atom. The molecule has 0 aliphatic heterocycles. The normalized spacial score (nSPS) is 12.2. The van der Waals surface area contributed by atoms with E-state index in [9.17, 15) is 4.79 Å². The minimum absolute atomic E-state index is 0.181. The predicted molar refractivity (Wildman–Crippen MR) is 68.7 cm³/mol. The number of halogens is 2. The van der Waals surface area contributed by atoms with Gasteiger partial charge in [-0.05, 0) is 21.8 Å². The largest absolute Gasteiger partial charge is 0.352 e. The van der Waals surface area contributed by atoms with Crippen LogP contribution < -0.4 is 5.32 Å². The van der Waals surface area contributed by atoms with Crippen LogP contribution in [0.2, 0.25) is 5.02 Å². The molecular weight excluding hydrogens is 291 g/mol. The lowest BCUT2D eigenvalue weighted by Crippen LogP contribution is -2.28. The van der Waals surface area contributed by atoms with Crippen molar-refractivity contribution in [1.29, 1.82) is 0 Å². The minimum Gasteiger partial charge on any atom is -0.352 e.